The van der Waals surface area contributed by atoms with Crippen molar-refractivity contribution in [3.8, 4) is 0 Å². The third-order valence-electron chi connectivity index (χ3n) is 17.6. The lowest BCUT2D eigenvalue weighted by Crippen LogP contribution is -2.68. The first kappa shape index (κ1) is 39.4. The number of fused-ring (bicyclic) bond motifs is 7. The topological polar surface area (TPSA) is 57.5 Å². The molecule has 5 saturated carbocycles. The van der Waals surface area contributed by atoms with Crippen molar-refractivity contribution in [2.75, 3.05) is 0 Å². The molecule has 5 rings (SSSR count). The molecule has 0 spiro atoms. The van der Waals surface area contributed by atoms with E-state index in [1.165, 1.54) is 121 Å². The largest absolute Gasteiger partial charge is 0.481 e. The van der Waals surface area contributed by atoms with Gasteiger partial charge in [-0.3, -0.25) is 4.79 Å². The van der Waals surface area contributed by atoms with Crippen LogP contribution in [0.2, 0.25) is 0 Å². The number of rotatable bonds is 17. The maximum atomic E-state index is 13.7. The fraction of sp³-hybridized carbons (Fsp3) is 0.935. The van der Waals surface area contributed by atoms with Crippen molar-refractivity contribution in [2.45, 2.75) is 209 Å². The Morgan fingerprint density at radius 2 is 1.27 bits per heavy atom. The van der Waals surface area contributed by atoms with Gasteiger partial charge in [-0.25, -0.2) is 0 Å². The molecule has 0 aromatic carbocycles. The molecule has 5 fully saturated rings. The Morgan fingerprint density at radius 1 is 0.694 bits per heavy atom. The van der Waals surface area contributed by atoms with Crippen LogP contribution < -0.4 is 0 Å². The number of aliphatic carboxylic acids is 1. The van der Waals surface area contributed by atoms with E-state index in [0.29, 0.717) is 23.7 Å². The number of hydrogen-bond donors (Lipinski definition) is 2. The van der Waals surface area contributed by atoms with Gasteiger partial charge in [-0.1, -0.05) is 144 Å². The summed E-state index contributed by atoms with van der Waals surface area (Å²) in [6.07, 6.45) is 29.9. The highest BCUT2D eigenvalue weighted by atomic mass is 16.4. The molecule has 0 aromatic rings. The third kappa shape index (κ3) is 6.89. The number of aliphatic hydroxyl groups is 1. The quantitative estimate of drug-likeness (QED) is 0.119. The molecular weight excluding hydrogens is 601 g/mol. The SMILES string of the molecule is C=C(C)[C@@H]1CC[C@]2(C(=O)O)C(CCCCCCCCCCCCCCCC)C[C@]3(C)[C@H](CC[C@@H]4[C@@]5(C)CC[C@H](O)C(C)(C)[C@@H]5CC[C@]43C)[C@@H]12. The second kappa shape index (κ2) is 15.6. The fourth-order valence-electron chi connectivity index (χ4n) is 14.8. The van der Waals surface area contributed by atoms with Crippen molar-refractivity contribution in [3.63, 3.8) is 0 Å². The van der Waals surface area contributed by atoms with Crippen LogP contribution >= 0.6 is 0 Å². The predicted molar refractivity (Wildman–Crippen MR) is 206 cm³/mol. The molecule has 0 bridgehead atoms. The minimum Gasteiger partial charge on any atom is -0.481 e. The maximum absolute atomic E-state index is 13.7. The lowest BCUT2D eigenvalue weighted by Gasteiger charge is -2.73. The van der Waals surface area contributed by atoms with Crippen molar-refractivity contribution in [3.05, 3.63) is 12.2 Å². The van der Waals surface area contributed by atoms with Crippen LogP contribution in [-0.4, -0.2) is 22.3 Å². The van der Waals surface area contributed by atoms with Crippen molar-refractivity contribution >= 4 is 5.97 Å². The summed E-state index contributed by atoms with van der Waals surface area (Å²) >= 11 is 0. The van der Waals surface area contributed by atoms with Crippen LogP contribution in [0.1, 0.15) is 203 Å². The van der Waals surface area contributed by atoms with Crippen LogP contribution in [-0.2, 0) is 4.79 Å². The Labute approximate surface area is 303 Å². The first-order valence-electron chi connectivity index (χ1n) is 21.8. The van der Waals surface area contributed by atoms with E-state index in [0.717, 1.165) is 38.5 Å². The van der Waals surface area contributed by atoms with Gasteiger partial charge >= 0.3 is 5.97 Å². The van der Waals surface area contributed by atoms with E-state index in [-0.39, 0.29) is 39.6 Å². The Kier molecular flexibility index (Phi) is 12.6. The highest BCUT2D eigenvalue weighted by Crippen LogP contribution is 2.78. The molecule has 0 radical (unpaired) electrons. The van der Waals surface area contributed by atoms with E-state index in [4.69, 9.17) is 0 Å². The molecule has 0 amide bonds. The molecule has 5 aliphatic rings. The molecule has 49 heavy (non-hydrogen) atoms. The summed E-state index contributed by atoms with van der Waals surface area (Å²) in [6, 6.07) is 0. The van der Waals surface area contributed by atoms with Gasteiger partial charge in [0.05, 0.1) is 11.5 Å². The fourth-order valence-corrected chi connectivity index (χ4v) is 14.8. The van der Waals surface area contributed by atoms with Crippen molar-refractivity contribution in [2.24, 2.45) is 62.6 Å². The van der Waals surface area contributed by atoms with Gasteiger partial charge in [0.2, 0.25) is 0 Å². The Hall–Kier alpha value is -0.830. The molecule has 0 aliphatic heterocycles. The average molecular weight is 681 g/mol. The van der Waals surface area contributed by atoms with Gasteiger partial charge in [0.1, 0.15) is 0 Å². The van der Waals surface area contributed by atoms with Crippen LogP contribution in [0.3, 0.4) is 0 Å². The standard InChI is InChI=1S/C46H80O3/c1-9-10-11-12-13-14-15-16-17-18-19-20-21-22-23-34-32-45(8)36(40-35(33(2)3)26-31-46(34,40)41(48)49)24-25-38-43(6)29-28-39(47)42(4,5)37(43)27-30-44(38,45)7/h34-40,47H,2,9-32H2,1,3-8H3,(H,48,49)/t34?,35-,36+,37-,38+,39-,40+,43-,44+,45+,46-/m0/s1. The number of carboxylic acids is 1. The van der Waals surface area contributed by atoms with Gasteiger partial charge in [-0.05, 0) is 128 Å². The summed E-state index contributed by atoms with van der Waals surface area (Å²) in [5, 5.41) is 22.4. The molecule has 2 N–H and O–H groups in total. The minimum absolute atomic E-state index is 0.0377. The van der Waals surface area contributed by atoms with Crippen LogP contribution in [0, 0.1) is 62.6 Å². The Bertz CT molecular complexity index is 1130. The number of allylic oxidation sites excluding steroid dienone is 1. The zero-order chi connectivity index (χ0) is 35.7. The first-order valence-corrected chi connectivity index (χ1v) is 21.8. The van der Waals surface area contributed by atoms with E-state index in [1.807, 2.05) is 0 Å². The predicted octanol–water partition coefficient (Wildman–Crippen LogP) is 13.2. The molecule has 0 heterocycles. The van der Waals surface area contributed by atoms with Crippen LogP contribution in [0.25, 0.3) is 0 Å². The summed E-state index contributed by atoms with van der Waals surface area (Å²) in [6.45, 7) is 21.6. The Balaban J connectivity index is 1.27. The number of carboxylic acid groups (broad SMARTS) is 1. The lowest BCUT2D eigenvalue weighted by atomic mass is 9.31. The smallest absolute Gasteiger partial charge is 0.310 e. The third-order valence-corrected chi connectivity index (χ3v) is 17.6. The first-order chi connectivity index (χ1) is 23.2. The number of hydrogen-bond acceptors (Lipinski definition) is 2. The molecule has 0 saturated heterocycles. The second-order valence-corrected chi connectivity index (χ2v) is 20.2. The summed E-state index contributed by atoms with van der Waals surface area (Å²) in [5.74, 6) is 2.03. The summed E-state index contributed by atoms with van der Waals surface area (Å²) in [4.78, 5) is 13.7. The minimum atomic E-state index is -0.578. The number of unbranched alkanes of at least 4 members (excludes halogenated alkanes) is 13. The molecule has 3 nitrogen and oxygen atoms in total. The second-order valence-electron chi connectivity index (χ2n) is 20.2. The molecule has 5 aliphatic carbocycles. The zero-order valence-electron chi connectivity index (χ0n) is 33.5. The molecular formula is C46H80O3. The molecule has 3 heteroatoms. The van der Waals surface area contributed by atoms with Gasteiger partial charge in [-0.2, -0.15) is 0 Å². The summed E-state index contributed by atoms with van der Waals surface area (Å²) in [5.41, 5.74) is 1.22. The van der Waals surface area contributed by atoms with Crippen molar-refractivity contribution < 1.29 is 15.0 Å². The molecule has 0 aromatic heterocycles. The normalized spacial score (nSPS) is 42.5. The van der Waals surface area contributed by atoms with Gasteiger partial charge in [0.15, 0.2) is 0 Å². The number of carbonyl (C=O) groups is 1. The molecule has 282 valence electrons. The van der Waals surface area contributed by atoms with Crippen LogP contribution in [0.4, 0.5) is 0 Å². The van der Waals surface area contributed by atoms with Gasteiger partial charge < -0.3 is 10.2 Å². The zero-order valence-corrected chi connectivity index (χ0v) is 33.5. The van der Waals surface area contributed by atoms with Gasteiger partial charge in [0.25, 0.3) is 0 Å². The van der Waals surface area contributed by atoms with E-state index < -0.39 is 11.4 Å². The van der Waals surface area contributed by atoms with E-state index in [9.17, 15) is 15.0 Å². The van der Waals surface area contributed by atoms with Gasteiger partial charge in [0, 0.05) is 0 Å². The number of aliphatic hydroxyl groups excluding tert-OH is 1. The molecule has 11 atom stereocenters. The van der Waals surface area contributed by atoms with Crippen LogP contribution in [0.15, 0.2) is 12.2 Å². The monoisotopic (exact) mass is 681 g/mol. The molecule has 1 unspecified atom stereocenters. The van der Waals surface area contributed by atoms with E-state index >= 15 is 0 Å². The van der Waals surface area contributed by atoms with E-state index in [2.05, 4.69) is 55.0 Å². The van der Waals surface area contributed by atoms with Crippen molar-refractivity contribution in [1.29, 1.82) is 0 Å². The maximum Gasteiger partial charge on any atom is 0.310 e. The average Bonchev–Trinajstić information content (AvgIpc) is 3.46. The lowest BCUT2D eigenvalue weighted by molar-refractivity contribution is -0.257. The highest BCUT2D eigenvalue weighted by Gasteiger charge is 2.73. The summed E-state index contributed by atoms with van der Waals surface area (Å²) < 4.78 is 0. The highest BCUT2D eigenvalue weighted by molar-refractivity contribution is 5.77. The summed E-state index contributed by atoms with van der Waals surface area (Å²) in [7, 11) is 0. The van der Waals surface area contributed by atoms with E-state index in [1.54, 1.807) is 0 Å². The van der Waals surface area contributed by atoms with Crippen molar-refractivity contribution in [1.82, 2.24) is 0 Å². The Morgan fingerprint density at radius 3 is 1.82 bits per heavy atom. The van der Waals surface area contributed by atoms with Gasteiger partial charge in [-0.15, -0.1) is 0 Å². The van der Waals surface area contributed by atoms with Crippen LogP contribution in [0.5, 0.6) is 0 Å².